The topological polar surface area (TPSA) is 85.9 Å². The minimum Gasteiger partial charge on any atom is -0.505 e. The summed E-state index contributed by atoms with van der Waals surface area (Å²) in [6.45, 7) is 1.68. The largest absolute Gasteiger partial charge is 0.505 e. The second-order valence-electron chi connectivity index (χ2n) is 3.05. The number of aliphatic imine (C=N–C) groups is 1. The van der Waals surface area contributed by atoms with Crippen molar-refractivity contribution >= 4 is 6.21 Å². The number of aliphatic hydroxyl groups is 2. The standard InChI is InChI=1S/C10H14N2O3/c1-7-10(15)9(5-11-2-3-13)8(6-14)4-12-7/h4-5,13-15H,2-3,6H2,1H3. The molecule has 0 saturated carbocycles. The van der Waals surface area contributed by atoms with Crippen molar-refractivity contribution in [2.24, 2.45) is 4.99 Å². The predicted molar refractivity (Wildman–Crippen MR) is 56.1 cm³/mol. The van der Waals surface area contributed by atoms with Crippen LogP contribution < -0.4 is 0 Å². The number of pyridine rings is 1. The van der Waals surface area contributed by atoms with E-state index in [9.17, 15) is 5.11 Å². The smallest absolute Gasteiger partial charge is 0.145 e. The highest BCUT2D eigenvalue weighted by Crippen LogP contribution is 2.21. The summed E-state index contributed by atoms with van der Waals surface area (Å²) in [6, 6.07) is 0. The average Bonchev–Trinajstić information content (AvgIpc) is 2.25. The molecule has 0 aromatic carbocycles. The number of hydrogen-bond donors (Lipinski definition) is 3. The Hall–Kier alpha value is -1.46. The van der Waals surface area contributed by atoms with Gasteiger partial charge in [-0.25, -0.2) is 0 Å². The predicted octanol–water partition coefficient (Wildman–Crippen LogP) is -0.000880. The van der Waals surface area contributed by atoms with Gasteiger partial charge in [-0.2, -0.15) is 0 Å². The molecular weight excluding hydrogens is 196 g/mol. The van der Waals surface area contributed by atoms with Gasteiger partial charge in [0.25, 0.3) is 0 Å². The first-order chi connectivity index (χ1) is 7.20. The number of aryl methyl sites for hydroxylation is 1. The third-order valence-electron chi connectivity index (χ3n) is 1.98. The van der Waals surface area contributed by atoms with Gasteiger partial charge in [0, 0.05) is 23.5 Å². The van der Waals surface area contributed by atoms with E-state index in [-0.39, 0.29) is 25.5 Å². The van der Waals surface area contributed by atoms with Crippen LogP contribution in [0.3, 0.4) is 0 Å². The summed E-state index contributed by atoms with van der Waals surface area (Å²) in [6.07, 6.45) is 2.93. The zero-order valence-electron chi connectivity index (χ0n) is 8.51. The Labute approximate surface area is 87.8 Å². The lowest BCUT2D eigenvalue weighted by molar-refractivity contribution is 0.280. The van der Waals surface area contributed by atoms with Crippen molar-refractivity contribution < 1.29 is 15.3 Å². The molecule has 0 aliphatic carbocycles. The Morgan fingerprint density at radius 2 is 2.20 bits per heavy atom. The van der Waals surface area contributed by atoms with Crippen LogP contribution in [0.5, 0.6) is 5.75 Å². The fraction of sp³-hybridized carbons (Fsp3) is 0.400. The second kappa shape index (κ2) is 5.43. The van der Waals surface area contributed by atoms with Gasteiger partial charge in [0.1, 0.15) is 5.75 Å². The van der Waals surface area contributed by atoms with E-state index in [0.717, 1.165) is 0 Å². The van der Waals surface area contributed by atoms with E-state index in [4.69, 9.17) is 10.2 Å². The number of nitrogens with zero attached hydrogens (tertiary/aromatic N) is 2. The summed E-state index contributed by atoms with van der Waals surface area (Å²) in [5.41, 5.74) is 1.45. The molecule has 0 atom stereocenters. The molecular formula is C10H14N2O3. The monoisotopic (exact) mass is 210 g/mol. The Bertz CT molecular complexity index is 364. The van der Waals surface area contributed by atoms with E-state index in [1.807, 2.05) is 0 Å². The molecule has 82 valence electrons. The molecule has 0 fully saturated rings. The molecule has 5 nitrogen and oxygen atoms in total. The van der Waals surface area contributed by atoms with Gasteiger partial charge < -0.3 is 15.3 Å². The molecule has 15 heavy (non-hydrogen) atoms. The second-order valence-corrected chi connectivity index (χ2v) is 3.05. The van der Waals surface area contributed by atoms with Crippen molar-refractivity contribution in [1.29, 1.82) is 0 Å². The average molecular weight is 210 g/mol. The Balaban J connectivity index is 3.06. The zero-order chi connectivity index (χ0) is 11.3. The van der Waals surface area contributed by atoms with Gasteiger partial charge in [-0.1, -0.05) is 0 Å². The van der Waals surface area contributed by atoms with Crippen LogP contribution >= 0.6 is 0 Å². The highest BCUT2D eigenvalue weighted by molar-refractivity contribution is 5.85. The molecule has 0 unspecified atom stereocenters. The van der Waals surface area contributed by atoms with Crippen LogP contribution in [0.2, 0.25) is 0 Å². The van der Waals surface area contributed by atoms with Gasteiger partial charge in [-0.3, -0.25) is 9.98 Å². The Morgan fingerprint density at radius 3 is 2.80 bits per heavy atom. The number of rotatable bonds is 4. The highest BCUT2D eigenvalue weighted by atomic mass is 16.3. The Morgan fingerprint density at radius 1 is 1.47 bits per heavy atom. The molecule has 0 aliphatic rings. The van der Waals surface area contributed by atoms with E-state index >= 15 is 0 Å². The number of aromatic nitrogens is 1. The van der Waals surface area contributed by atoms with E-state index in [0.29, 0.717) is 16.8 Å². The molecule has 0 saturated heterocycles. The summed E-state index contributed by atoms with van der Waals surface area (Å²) >= 11 is 0. The summed E-state index contributed by atoms with van der Waals surface area (Å²) in [5, 5.41) is 27.3. The molecule has 0 amide bonds. The molecule has 0 bridgehead atoms. The third-order valence-corrected chi connectivity index (χ3v) is 1.98. The van der Waals surface area contributed by atoms with Crippen LogP contribution in [0.25, 0.3) is 0 Å². The van der Waals surface area contributed by atoms with Gasteiger partial charge in [0.2, 0.25) is 0 Å². The SMILES string of the molecule is Cc1ncc(CO)c(C=NCCO)c1O. The molecule has 0 aliphatic heterocycles. The van der Waals surface area contributed by atoms with Crippen molar-refractivity contribution in [3.63, 3.8) is 0 Å². The van der Waals surface area contributed by atoms with Crippen molar-refractivity contribution in [1.82, 2.24) is 4.98 Å². The normalized spacial score (nSPS) is 11.1. The molecule has 5 heteroatoms. The van der Waals surface area contributed by atoms with Gasteiger partial charge in [-0.15, -0.1) is 0 Å². The van der Waals surface area contributed by atoms with Crippen molar-refractivity contribution in [2.75, 3.05) is 13.2 Å². The minimum absolute atomic E-state index is 0.0169. The first-order valence-electron chi connectivity index (χ1n) is 4.59. The first kappa shape index (κ1) is 11.6. The van der Waals surface area contributed by atoms with E-state index < -0.39 is 0 Å². The lowest BCUT2D eigenvalue weighted by Crippen LogP contribution is -1.99. The summed E-state index contributed by atoms with van der Waals surface area (Å²) in [5.74, 6) is 0.0169. The Kier molecular flexibility index (Phi) is 4.20. The first-order valence-corrected chi connectivity index (χ1v) is 4.59. The molecule has 0 spiro atoms. The lowest BCUT2D eigenvalue weighted by atomic mass is 10.1. The van der Waals surface area contributed by atoms with Crippen molar-refractivity contribution in [2.45, 2.75) is 13.5 Å². The van der Waals surface area contributed by atoms with Gasteiger partial charge in [0.15, 0.2) is 0 Å². The lowest BCUT2D eigenvalue weighted by Gasteiger charge is -2.06. The van der Waals surface area contributed by atoms with Crippen LogP contribution in [0, 0.1) is 6.92 Å². The highest BCUT2D eigenvalue weighted by Gasteiger charge is 2.08. The molecule has 1 heterocycles. The fourth-order valence-electron chi connectivity index (χ4n) is 1.14. The van der Waals surface area contributed by atoms with E-state index in [1.165, 1.54) is 12.4 Å². The third kappa shape index (κ3) is 2.74. The summed E-state index contributed by atoms with van der Waals surface area (Å²) < 4.78 is 0. The van der Waals surface area contributed by atoms with Crippen LogP contribution in [-0.2, 0) is 6.61 Å². The van der Waals surface area contributed by atoms with Crippen LogP contribution in [0.15, 0.2) is 11.2 Å². The van der Waals surface area contributed by atoms with Crippen LogP contribution in [0.4, 0.5) is 0 Å². The fourth-order valence-corrected chi connectivity index (χ4v) is 1.14. The van der Waals surface area contributed by atoms with E-state index in [2.05, 4.69) is 9.98 Å². The zero-order valence-corrected chi connectivity index (χ0v) is 8.51. The molecule has 1 aromatic rings. The molecule has 3 N–H and O–H groups in total. The molecule has 1 aromatic heterocycles. The maximum atomic E-state index is 9.68. The van der Waals surface area contributed by atoms with Gasteiger partial charge in [-0.05, 0) is 6.92 Å². The van der Waals surface area contributed by atoms with Gasteiger partial charge in [0.05, 0.1) is 25.5 Å². The van der Waals surface area contributed by atoms with E-state index in [1.54, 1.807) is 6.92 Å². The maximum Gasteiger partial charge on any atom is 0.145 e. The quantitative estimate of drug-likeness (QED) is 0.610. The summed E-state index contributed by atoms with van der Waals surface area (Å²) in [7, 11) is 0. The van der Waals surface area contributed by atoms with Gasteiger partial charge >= 0.3 is 0 Å². The van der Waals surface area contributed by atoms with Crippen LogP contribution in [-0.4, -0.2) is 39.7 Å². The summed E-state index contributed by atoms with van der Waals surface area (Å²) in [4.78, 5) is 7.81. The van der Waals surface area contributed by atoms with Crippen molar-refractivity contribution in [3.8, 4) is 5.75 Å². The maximum absolute atomic E-state index is 9.68. The van der Waals surface area contributed by atoms with Crippen molar-refractivity contribution in [3.05, 3.63) is 23.0 Å². The molecule has 1 rings (SSSR count). The molecule has 0 radical (unpaired) electrons. The number of aromatic hydroxyl groups is 1. The van der Waals surface area contributed by atoms with Crippen LogP contribution in [0.1, 0.15) is 16.8 Å². The number of hydrogen-bond acceptors (Lipinski definition) is 5. The number of aliphatic hydroxyl groups excluding tert-OH is 2. The minimum atomic E-state index is -0.207.